The van der Waals surface area contributed by atoms with Crippen LogP contribution in [-0.4, -0.2) is 130 Å². The van der Waals surface area contributed by atoms with Crippen molar-refractivity contribution in [1.29, 1.82) is 0 Å². The topological polar surface area (TPSA) is 226 Å². The SMILES string of the molecule is O=C1c2c(O)ccc(O)c2C(=O)c2c(NCC[N+]([O-])(CCO)CCO)ccc(NCC[N+]([O-])(CCO)CCO)c21. The van der Waals surface area contributed by atoms with Gasteiger partial charge in [-0.1, -0.05) is 0 Å². The van der Waals surface area contributed by atoms with Gasteiger partial charge < -0.3 is 61.0 Å². The normalized spacial score (nSPS) is 13.2. The Hall–Kier alpha value is -3.34. The van der Waals surface area contributed by atoms with Crippen LogP contribution in [0.2, 0.25) is 0 Å². The molecule has 2 aromatic carbocycles. The minimum Gasteiger partial charge on any atom is -0.633 e. The number of nitrogens with one attached hydrogen (secondary N) is 2. The summed E-state index contributed by atoms with van der Waals surface area (Å²) in [4.78, 5) is 27.3. The zero-order valence-electron chi connectivity index (χ0n) is 22.0. The van der Waals surface area contributed by atoms with Gasteiger partial charge in [-0.05, 0) is 24.3 Å². The van der Waals surface area contributed by atoms with Crippen LogP contribution >= 0.6 is 0 Å². The number of aromatic hydroxyl groups is 2. The maximum atomic E-state index is 13.6. The van der Waals surface area contributed by atoms with Crippen LogP contribution in [0.1, 0.15) is 31.8 Å². The highest BCUT2D eigenvalue weighted by Gasteiger charge is 2.38. The molecule has 0 spiro atoms. The summed E-state index contributed by atoms with van der Waals surface area (Å²) in [5.41, 5.74) is -0.583. The molecule has 8 N–H and O–H groups in total. The van der Waals surface area contributed by atoms with E-state index in [0.29, 0.717) is 0 Å². The Balaban J connectivity index is 1.98. The Morgan fingerprint density at radius 1 is 0.550 bits per heavy atom. The van der Waals surface area contributed by atoms with Crippen LogP contribution in [0.3, 0.4) is 0 Å². The van der Waals surface area contributed by atoms with E-state index in [1.807, 2.05) is 0 Å². The number of carbonyl (C=O) groups is 2. The molecule has 2 aromatic rings. The minimum absolute atomic E-state index is 0.0154. The molecule has 0 fully saturated rings. The molecule has 1 aliphatic carbocycles. The van der Waals surface area contributed by atoms with E-state index in [-0.39, 0.29) is 112 Å². The summed E-state index contributed by atoms with van der Waals surface area (Å²) < 4.78 is -1.77. The zero-order valence-corrected chi connectivity index (χ0v) is 22.0. The maximum absolute atomic E-state index is 13.6. The van der Waals surface area contributed by atoms with Crippen molar-refractivity contribution in [1.82, 2.24) is 0 Å². The molecule has 0 heterocycles. The highest BCUT2D eigenvalue weighted by atomic mass is 16.6. The molecular weight excluding hydrogens is 528 g/mol. The molecule has 14 heteroatoms. The predicted molar refractivity (Wildman–Crippen MR) is 145 cm³/mol. The van der Waals surface area contributed by atoms with E-state index in [0.717, 1.165) is 12.1 Å². The largest absolute Gasteiger partial charge is 0.633 e. The van der Waals surface area contributed by atoms with Gasteiger partial charge in [-0.2, -0.15) is 0 Å². The molecule has 0 saturated carbocycles. The fraction of sp³-hybridized carbons (Fsp3) is 0.462. The van der Waals surface area contributed by atoms with Crippen molar-refractivity contribution in [3.8, 4) is 11.5 Å². The third-order valence-corrected chi connectivity index (χ3v) is 6.97. The van der Waals surface area contributed by atoms with Gasteiger partial charge in [0.25, 0.3) is 0 Å². The van der Waals surface area contributed by atoms with Gasteiger partial charge in [0.05, 0.1) is 74.9 Å². The summed E-state index contributed by atoms with van der Waals surface area (Å²) >= 11 is 0. The number of aliphatic hydroxyl groups excluding tert-OH is 4. The number of ketones is 2. The number of quaternary nitrogens is 2. The van der Waals surface area contributed by atoms with Crippen LogP contribution in [0, 0.1) is 10.4 Å². The summed E-state index contributed by atoms with van der Waals surface area (Å²) in [5, 5.41) is 89.3. The number of aliphatic hydroxyl groups is 4. The van der Waals surface area contributed by atoms with E-state index in [9.17, 15) is 50.6 Å². The standard InChI is InChI=1S/C26H36N4O10/c31-13-9-29(39,10-14-32)7-5-27-17-1-2-18(28-6-8-30(40,11-15-33)12-16-34)22-21(17)25(37)23-19(35)3-4-20(36)24(23)26(22)38/h1-4,27-28,31-36H,5-16H2. The van der Waals surface area contributed by atoms with E-state index in [1.54, 1.807) is 0 Å². The Morgan fingerprint density at radius 3 is 1.18 bits per heavy atom. The van der Waals surface area contributed by atoms with Crippen LogP contribution in [0.4, 0.5) is 11.4 Å². The smallest absolute Gasteiger partial charge is 0.200 e. The molecule has 0 aromatic heterocycles. The molecule has 0 unspecified atom stereocenters. The second-order valence-corrected chi connectivity index (χ2v) is 9.63. The molecule has 0 atom stereocenters. The van der Waals surface area contributed by atoms with E-state index in [2.05, 4.69) is 10.6 Å². The van der Waals surface area contributed by atoms with Crippen molar-refractivity contribution in [2.75, 3.05) is 89.4 Å². The van der Waals surface area contributed by atoms with E-state index in [1.165, 1.54) is 12.1 Å². The quantitative estimate of drug-likeness (QED) is 0.0614. The van der Waals surface area contributed by atoms with Gasteiger partial charge in [0.1, 0.15) is 37.7 Å². The molecule has 0 aliphatic heterocycles. The van der Waals surface area contributed by atoms with Gasteiger partial charge in [-0.3, -0.25) is 9.59 Å². The van der Waals surface area contributed by atoms with Crippen LogP contribution in [0.15, 0.2) is 24.3 Å². The average molecular weight is 565 g/mol. The zero-order chi connectivity index (χ0) is 29.5. The van der Waals surface area contributed by atoms with Gasteiger partial charge in [-0.25, -0.2) is 0 Å². The van der Waals surface area contributed by atoms with E-state index < -0.39 is 32.4 Å². The van der Waals surface area contributed by atoms with E-state index >= 15 is 0 Å². The van der Waals surface area contributed by atoms with Gasteiger partial charge in [0, 0.05) is 11.4 Å². The molecular formula is C26H36N4O10. The predicted octanol–water partition coefficient (Wildman–Crippen LogP) is -0.705. The monoisotopic (exact) mass is 564 g/mol. The molecule has 0 saturated heterocycles. The first-order valence-corrected chi connectivity index (χ1v) is 12.9. The maximum Gasteiger partial charge on any atom is 0.200 e. The van der Waals surface area contributed by atoms with Crippen molar-refractivity contribution in [3.63, 3.8) is 0 Å². The average Bonchev–Trinajstić information content (AvgIpc) is 2.89. The first-order chi connectivity index (χ1) is 19.0. The number of anilines is 2. The van der Waals surface area contributed by atoms with Crippen LogP contribution in [0.25, 0.3) is 0 Å². The third-order valence-electron chi connectivity index (χ3n) is 6.97. The summed E-state index contributed by atoms with van der Waals surface area (Å²) in [6.45, 7) is -2.22. The van der Waals surface area contributed by atoms with Crippen molar-refractivity contribution in [2.24, 2.45) is 0 Å². The van der Waals surface area contributed by atoms with E-state index in [4.69, 9.17) is 0 Å². The van der Waals surface area contributed by atoms with Gasteiger partial charge in [0.2, 0.25) is 11.6 Å². The summed E-state index contributed by atoms with van der Waals surface area (Å²) in [6, 6.07) is 5.19. The summed E-state index contributed by atoms with van der Waals surface area (Å²) in [7, 11) is 0. The minimum atomic E-state index is -0.886. The van der Waals surface area contributed by atoms with Crippen molar-refractivity contribution in [2.45, 2.75) is 0 Å². The number of hydrogen-bond donors (Lipinski definition) is 8. The molecule has 220 valence electrons. The molecule has 14 nitrogen and oxygen atoms in total. The molecule has 1 aliphatic rings. The fourth-order valence-electron chi connectivity index (χ4n) is 4.85. The number of phenolic OH excluding ortho intramolecular Hbond substituents is 2. The number of benzene rings is 2. The Kier molecular flexibility index (Phi) is 10.4. The Bertz CT molecular complexity index is 1120. The number of fused-ring (bicyclic) bond motifs is 2. The highest BCUT2D eigenvalue weighted by molar-refractivity contribution is 6.33. The summed E-state index contributed by atoms with van der Waals surface area (Å²) in [5.74, 6) is -2.48. The number of carbonyl (C=O) groups excluding carboxylic acids is 2. The van der Waals surface area contributed by atoms with Gasteiger partial charge in [0.15, 0.2) is 0 Å². The lowest BCUT2D eigenvalue weighted by Gasteiger charge is -2.42. The molecule has 0 bridgehead atoms. The van der Waals surface area contributed by atoms with Crippen molar-refractivity contribution < 1.29 is 49.5 Å². The lowest BCUT2D eigenvalue weighted by molar-refractivity contribution is -0.879. The fourth-order valence-corrected chi connectivity index (χ4v) is 4.85. The van der Waals surface area contributed by atoms with Crippen LogP contribution in [-0.2, 0) is 0 Å². The molecule has 0 amide bonds. The lowest BCUT2D eigenvalue weighted by Crippen LogP contribution is -2.49. The first kappa shape index (κ1) is 31.2. The number of hydroxylamine groups is 6. The summed E-state index contributed by atoms with van der Waals surface area (Å²) in [6.07, 6.45) is 0. The Labute approximate surface area is 230 Å². The number of hydrogen-bond acceptors (Lipinski definition) is 12. The number of rotatable bonds is 16. The molecule has 40 heavy (non-hydrogen) atoms. The number of phenols is 2. The van der Waals surface area contributed by atoms with Crippen molar-refractivity contribution in [3.05, 3.63) is 56.9 Å². The highest BCUT2D eigenvalue weighted by Crippen LogP contribution is 2.42. The van der Waals surface area contributed by atoms with Gasteiger partial charge in [-0.15, -0.1) is 0 Å². The molecule has 3 rings (SSSR count). The second kappa shape index (κ2) is 13.3. The third kappa shape index (κ3) is 6.68. The Morgan fingerprint density at radius 2 is 0.875 bits per heavy atom. The van der Waals surface area contributed by atoms with Crippen molar-refractivity contribution >= 4 is 22.9 Å². The van der Waals surface area contributed by atoms with Gasteiger partial charge >= 0.3 is 0 Å². The second-order valence-electron chi connectivity index (χ2n) is 9.63. The van der Waals surface area contributed by atoms with Crippen LogP contribution < -0.4 is 10.6 Å². The first-order valence-electron chi connectivity index (χ1n) is 12.9. The lowest BCUT2D eigenvalue weighted by atomic mass is 9.81. The van der Waals surface area contributed by atoms with Crippen LogP contribution in [0.5, 0.6) is 11.5 Å². The number of nitrogens with zero attached hydrogens (tertiary/aromatic N) is 2. The molecule has 0 radical (unpaired) electrons.